The second kappa shape index (κ2) is 5.93. The fraction of sp³-hybridized carbons (Fsp3) is 0.133. The van der Waals surface area contributed by atoms with E-state index in [9.17, 15) is 14.9 Å². The molecule has 0 aliphatic rings. The van der Waals surface area contributed by atoms with Crippen molar-refractivity contribution in [2.45, 2.75) is 13.8 Å². The molecule has 0 saturated carbocycles. The highest BCUT2D eigenvalue weighted by atomic mass is 35.5. The highest BCUT2D eigenvalue weighted by Gasteiger charge is 2.17. The molecule has 0 aliphatic heterocycles. The van der Waals surface area contributed by atoms with Crippen LogP contribution < -0.4 is 4.74 Å². The Hall–Kier alpha value is -2.40. The molecule has 0 unspecified atom stereocenters. The summed E-state index contributed by atoms with van der Waals surface area (Å²) < 4.78 is 5.21. The average Bonchev–Trinajstić information content (AvgIpc) is 2.43. The van der Waals surface area contributed by atoms with E-state index in [-0.39, 0.29) is 16.3 Å². The minimum absolute atomic E-state index is 0.0379. The summed E-state index contributed by atoms with van der Waals surface area (Å²) in [5, 5.41) is 10.8. The third-order valence-electron chi connectivity index (χ3n) is 3.07. The number of halogens is 1. The van der Waals surface area contributed by atoms with Crippen molar-refractivity contribution in [3.8, 4) is 5.75 Å². The zero-order valence-electron chi connectivity index (χ0n) is 11.4. The Labute approximate surface area is 126 Å². The lowest BCUT2D eigenvalue weighted by Gasteiger charge is -2.07. The quantitative estimate of drug-likeness (QED) is 0.371. The number of non-ortho nitro benzene ring substituents is 1. The van der Waals surface area contributed by atoms with Gasteiger partial charge >= 0.3 is 5.97 Å². The first-order chi connectivity index (χ1) is 9.88. The van der Waals surface area contributed by atoms with Crippen LogP contribution in [0.3, 0.4) is 0 Å². The van der Waals surface area contributed by atoms with E-state index in [1.165, 1.54) is 12.1 Å². The van der Waals surface area contributed by atoms with Crippen molar-refractivity contribution in [2.24, 2.45) is 0 Å². The van der Waals surface area contributed by atoms with E-state index in [2.05, 4.69) is 0 Å². The molecule has 0 radical (unpaired) electrons. The van der Waals surface area contributed by atoms with Crippen LogP contribution in [0.15, 0.2) is 36.4 Å². The molecule has 0 atom stereocenters. The Morgan fingerprint density at radius 2 is 1.86 bits per heavy atom. The van der Waals surface area contributed by atoms with Crippen molar-refractivity contribution in [3.63, 3.8) is 0 Å². The number of hydrogen-bond donors (Lipinski definition) is 0. The lowest BCUT2D eigenvalue weighted by molar-refractivity contribution is -0.384. The van der Waals surface area contributed by atoms with Crippen LogP contribution in [0.4, 0.5) is 5.69 Å². The summed E-state index contributed by atoms with van der Waals surface area (Å²) >= 11 is 5.90. The molecule has 2 aromatic rings. The van der Waals surface area contributed by atoms with Crippen molar-refractivity contribution >= 4 is 23.3 Å². The van der Waals surface area contributed by atoms with Crippen LogP contribution >= 0.6 is 11.6 Å². The third-order valence-corrected chi connectivity index (χ3v) is 3.40. The summed E-state index contributed by atoms with van der Waals surface area (Å²) in [6, 6.07) is 8.84. The fourth-order valence-electron chi connectivity index (χ4n) is 1.72. The molecule has 0 fully saturated rings. The van der Waals surface area contributed by atoms with Gasteiger partial charge in [-0.1, -0.05) is 17.7 Å². The van der Waals surface area contributed by atoms with E-state index in [1.54, 1.807) is 12.1 Å². The van der Waals surface area contributed by atoms with Gasteiger partial charge in [0.1, 0.15) is 5.75 Å². The van der Waals surface area contributed by atoms with Gasteiger partial charge in [0.05, 0.1) is 15.5 Å². The second-order valence-corrected chi connectivity index (χ2v) is 4.96. The van der Waals surface area contributed by atoms with Gasteiger partial charge < -0.3 is 4.74 Å². The number of nitro benzene ring substituents is 1. The normalized spacial score (nSPS) is 10.2. The van der Waals surface area contributed by atoms with Gasteiger partial charge in [0.25, 0.3) is 5.69 Å². The zero-order chi connectivity index (χ0) is 15.6. The number of nitrogens with zero attached hydrogens (tertiary/aromatic N) is 1. The van der Waals surface area contributed by atoms with Crippen molar-refractivity contribution in [3.05, 3.63) is 68.2 Å². The number of esters is 1. The summed E-state index contributed by atoms with van der Waals surface area (Å²) in [5.41, 5.74) is 1.80. The van der Waals surface area contributed by atoms with E-state index >= 15 is 0 Å². The van der Waals surface area contributed by atoms with Crippen LogP contribution in [-0.4, -0.2) is 10.9 Å². The molecule has 0 aliphatic carbocycles. The first-order valence-electron chi connectivity index (χ1n) is 6.12. The summed E-state index contributed by atoms with van der Waals surface area (Å²) in [6.45, 7) is 3.84. The smallest absolute Gasteiger partial charge is 0.345 e. The SMILES string of the molecule is Cc1ccc(OC(=O)c2cc([N+](=O)[O-])ccc2Cl)cc1C. The molecule has 21 heavy (non-hydrogen) atoms. The molecule has 0 bridgehead atoms. The van der Waals surface area contributed by atoms with Gasteiger partial charge in [-0.25, -0.2) is 4.79 Å². The monoisotopic (exact) mass is 305 g/mol. The van der Waals surface area contributed by atoms with Crippen molar-refractivity contribution < 1.29 is 14.5 Å². The van der Waals surface area contributed by atoms with Gasteiger partial charge in [-0.3, -0.25) is 10.1 Å². The van der Waals surface area contributed by atoms with Crippen LogP contribution in [0.5, 0.6) is 5.75 Å². The Balaban J connectivity index is 2.29. The Morgan fingerprint density at radius 3 is 2.48 bits per heavy atom. The number of carbonyl (C=O) groups excluding carboxylic acids is 1. The molecular formula is C15H12ClNO4. The van der Waals surface area contributed by atoms with Crippen molar-refractivity contribution in [1.29, 1.82) is 0 Å². The molecule has 0 aromatic heterocycles. The predicted molar refractivity (Wildman–Crippen MR) is 79.0 cm³/mol. The molecule has 0 saturated heterocycles. The fourth-order valence-corrected chi connectivity index (χ4v) is 1.92. The lowest BCUT2D eigenvalue weighted by Crippen LogP contribution is -2.10. The number of aryl methyl sites for hydroxylation is 2. The number of rotatable bonds is 3. The average molecular weight is 306 g/mol. The molecule has 2 aromatic carbocycles. The summed E-state index contributed by atoms with van der Waals surface area (Å²) in [4.78, 5) is 22.2. The van der Waals surface area contributed by atoms with Crippen LogP contribution in [0.25, 0.3) is 0 Å². The van der Waals surface area contributed by atoms with E-state index in [0.29, 0.717) is 5.75 Å². The van der Waals surface area contributed by atoms with Crippen molar-refractivity contribution in [1.82, 2.24) is 0 Å². The molecule has 0 spiro atoms. The molecular weight excluding hydrogens is 294 g/mol. The highest BCUT2D eigenvalue weighted by Crippen LogP contribution is 2.24. The molecule has 0 N–H and O–H groups in total. The van der Waals surface area contributed by atoms with E-state index in [0.717, 1.165) is 17.2 Å². The number of benzene rings is 2. The number of nitro groups is 1. The molecule has 0 heterocycles. The van der Waals surface area contributed by atoms with E-state index in [1.807, 2.05) is 19.9 Å². The van der Waals surface area contributed by atoms with Crippen LogP contribution in [0.2, 0.25) is 5.02 Å². The summed E-state index contributed by atoms with van der Waals surface area (Å²) in [6.07, 6.45) is 0. The standard InChI is InChI=1S/C15H12ClNO4/c1-9-3-5-12(7-10(9)2)21-15(18)13-8-11(17(19)20)4-6-14(13)16/h3-8H,1-2H3. The first kappa shape index (κ1) is 15.0. The molecule has 5 nitrogen and oxygen atoms in total. The Bertz CT molecular complexity index is 728. The molecule has 0 amide bonds. The Morgan fingerprint density at radius 1 is 1.14 bits per heavy atom. The van der Waals surface area contributed by atoms with Gasteiger partial charge in [-0.15, -0.1) is 0 Å². The van der Waals surface area contributed by atoms with Gasteiger partial charge in [-0.05, 0) is 43.2 Å². The largest absolute Gasteiger partial charge is 0.423 e. The van der Waals surface area contributed by atoms with E-state index < -0.39 is 10.9 Å². The number of carbonyl (C=O) groups is 1. The molecule has 108 valence electrons. The second-order valence-electron chi connectivity index (χ2n) is 4.56. The number of ether oxygens (including phenoxy) is 1. The third kappa shape index (κ3) is 3.38. The lowest BCUT2D eigenvalue weighted by atomic mass is 10.1. The van der Waals surface area contributed by atoms with Gasteiger partial charge in [0.2, 0.25) is 0 Å². The zero-order valence-corrected chi connectivity index (χ0v) is 12.2. The molecule has 2 rings (SSSR count). The topological polar surface area (TPSA) is 69.4 Å². The maximum Gasteiger partial charge on any atom is 0.345 e. The molecule has 6 heteroatoms. The van der Waals surface area contributed by atoms with Crippen LogP contribution in [0, 0.1) is 24.0 Å². The van der Waals surface area contributed by atoms with Crippen molar-refractivity contribution in [2.75, 3.05) is 0 Å². The van der Waals surface area contributed by atoms with Gasteiger partial charge in [0, 0.05) is 12.1 Å². The van der Waals surface area contributed by atoms with Crippen LogP contribution in [-0.2, 0) is 0 Å². The number of hydrogen-bond acceptors (Lipinski definition) is 4. The first-order valence-corrected chi connectivity index (χ1v) is 6.49. The summed E-state index contributed by atoms with van der Waals surface area (Å²) in [5.74, 6) is -0.363. The summed E-state index contributed by atoms with van der Waals surface area (Å²) in [7, 11) is 0. The highest BCUT2D eigenvalue weighted by molar-refractivity contribution is 6.33. The maximum atomic E-state index is 12.1. The maximum absolute atomic E-state index is 12.1. The van der Waals surface area contributed by atoms with E-state index in [4.69, 9.17) is 16.3 Å². The predicted octanol–water partition coefficient (Wildman–Crippen LogP) is 4.08. The van der Waals surface area contributed by atoms with Gasteiger partial charge in [0.15, 0.2) is 0 Å². The minimum atomic E-state index is -0.730. The Kier molecular flexibility index (Phi) is 4.23. The van der Waals surface area contributed by atoms with Crippen LogP contribution in [0.1, 0.15) is 21.5 Å². The minimum Gasteiger partial charge on any atom is -0.423 e. The van der Waals surface area contributed by atoms with Gasteiger partial charge in [-0.2, -0.15) is 0 Å².